The van der Waals surface area contributed by atoms with Crippen molar-refractivity contribution in [2.45, 2.75) is 26.9 Å². The van der Waals surface area contributed by atoms with Crippen LogP contribution in [0.5, 0.6) is 0 Å². The van der Waals surface area contributed by atoms with E-state index in [1.54, 1.807) is 19.1 Å². The maximum atomic E-state index is 12.9. The highest BCUT2D eigenvalue weighted by atomic mass is 127. The third kappa shape index (κ3) is 6.12. The Labute approximate surface area is 152 Å². The number of hydrogen-bond donors (Lipinski definition) is 1. The summed E-state index contributed by atoms with van der Waals surface area (Å²) in [6.45, 7) is 5.45. The fourth-order valence-electron chi connectivity index (χ4n) is 1.96. The molecule has 23 heavy (non-hydrogen) atoms. The Morgan fingerprint density at radius 2 is 2.04 bits per heavy atom. The van der Waals surface area contributed by atoms with Crippen LogP contribution in [0.2, 0.25) is 0 Å². The van der Waals surface area contributed by atoms with E-state index in [9.17, 15) is 4.39 Å². The fraction of sp³-hybridized carbons (Fsp3) is 0.400. The standard InChI is InChI=1S/C15H20FN5O.HI/c1-4-17-15(18-9-14-19-11(2)20-22-14)21(3)10-12-5-7-13(16)8-6-12;/h5-8H,4,9-10H2,1-3H3,(H,17,18);1H. The topological polar surface area (TPSA) is 66.5 Å². The normalized spacial score (nSPS) is 11.0. The van der Waals surface area contributed by atoms with Gasteiger partial charge in [0.25, 0.3) is 0 Å². The maximum absolute atomic E-state index is 12.9. The molecule has 0 spiro atoms. The van der Waals surface area contributed by atoms with E-state index in [1.807, 2.05) is 18.9 Å². The molecule has 6 nitrogen and oxygen atoms in total. The van der Waals surface area contributed by atoms with Crippen LogP contribution in [-0.4, -0.2) is 34.6 Å². The van der Waals surface area contributed by atoms with Crippen LogP contribution in [0.25, 0.3) is 0 Å². The first-order chi connectivity index (χ1) is 10.6. The predicted molar refractivity (Wildman–Crippen MR) is 97.1 cm³/mol. The number of halogens is 2. The van der Waals surface area contributed by atoms with Gasteiger partial charge in [-0.1, -0.05) is 17.3 Å². The van der Waals surface area contributed by atoms with Gasteiger partial charge in [-0.25, -0.2) is 9.38 Å². The molecule has 0 aliphatic rings. The van der Waals surface area contributed by atoms with E-state index in [-0.39, 0.29) is 29.8 Å². The monoisotopic (exact) mass is 433 g/mol. The molecular weight excluding hydrogens is 412 g/mol. The minimum Gasteiger partial charge on any atom is -0.357 e. The Kier molecular flexibility index (Phi) is 7.93. The molecule has 8 heteroatoms. The van der Waals surface area contributed by atoms with E-state index in [0.717, 1.165) is 18.1 Å². The first-order valence-electron chi connectivity index (χ1n) is 7.11. The van der Waals surface area contributed by atoms with Crippen LogP contribution in [0.1, 0.15) is 24.2 Å². The molecule has 0 amide bonds. The molecule has 0 unspecified atom stereocenters. The molecule has 0 saturated carbocycles. The molecule has 2 aromatic rings. The van der Waals surface area contributed by atoms with Crippen LogP contribution in [-0.2, 0) is 13.1 Å². The van der Waals surface area contributed by atoms with Gasteiger partial charge < -0.3 is 14.7 Å². The third-order valence-electron chi connectivity index (χ3n) is 2.96. The van der Waals surface area contributed by atoms with Gasteiger partial charge in [-0.05, 0) is 31.5 Å². The Bertz CT molecular complexity index is 629. The third-order valence-corrected chi connectivity index (χ3v) is 2.96. The molecule has 0 radical (unpaired) electrons. The molecule has 0 fully saturated rings. The Balaban J connectivity index is 0.00000264. The second-order valence-corrected chi connectivity index (χ2v) is 4.89. The second kappa shape index (κ2) is 9.43. The molecule has 0 aliphatic carbocycles. The molecule has 0 saturated heterocycles. The summed E-state index contributed by atoms with van der Waals surface area (Å²) in [5.41, 5.74) is 1.00. The summed E-state index contributed by atoms with van der Waals surface area (Å²) in [4.78, 5) is 10.6. The SMILES string of the molecule is CCNC(=NCc1nc(C)no1)N(C)Cc1ccc(F)cc1.I. The lowest BCUT2D eigenvalue weighted by molar-refractivity contribution is 0.375. The summed E-state index contributed by atoms with van der Waals surface area (Å²) < 4.78 is 18.0. The fourth-order valence-corrected chi connectivity index (χ4v) is 1.96. The minimum atomic E-state index is -0.237. The van der Waals surface area contributed by atoms with Crippen LogP contribution in [0.15, 0.2) is 33.8 Å². The van der Waals surface area contributed by atoms with Crippen molar-refractivity contribution in [1.29, 1.82) is 0 Å². The minimum absolute atomic E-state index is 0. The van der Waals surface area contributed by atoms with Gasteiger partial charge in [-0.2, -0.15) is 4.98 Å². The highest BCUT2D eigenvalue weighted by molar-refractivity contribution is 14.0. The maximum Gasteiger partial charge on any atom is 0.248 e. The van der Waals surface area contributed by atoms with Gasteiger partial charge in [-0.15, -0.1) is 24.0 Å². The van der Waals surface area contributed by atoms with E-state index in [1.165, 1.54) is 12.1 Å². The number of aliphatic imine (C=N–C) groups is 1. The van der Waals surface area contributed by atoms with Crippen molar-refractivity contribution in [3.05, 3.63) is 47.4 Å². The zero-order valence-corrected chi connectivity index (χ0v) is 15.7. The quantitative estimate of drug-likeness (QED) is 0.447. The number of aryl methyl sites for hydroxylation is 1. The van der Waals surface area contributed by atoms with Crippen LogP contribution in [0.3, 0.4) is 0 Å². The smallest absolute Gasteiger partial charge is 0.248 e. The number of aromatic nitrogens is 2. The second-order valence-electron chi connectivity index (χ2n) is 4.89. The molecule has 0 bridgehead atoms. The summed E-state index contributed by atoms with van der Waals surface area (Å²) in [6.07, 6.45) is 0. The summed E-state index contributed by atoms with van der Waals surface area (Å²) in [5, 5.41) is 6.94. The van der Waals surface area contributed by atoms with Gasteiger partial charge in [0.1, 0.15) is 12.4 Å². The average molecular weight is 433 g/mol. The van der Waals surface area contributed by atoms with Gasteiger partial charge in [0.15, 0.2) is 11.8 Å². The number of hydrogen-bond acceptors (Lipinski definition) is 4. The predicted octanol–water partition coefficient (Wildman–Crippen LogP) is 2.73. The zero-order valence-electron chi connectivity index (χ0n) is 13.4. The van der Waals surface area contributed by atoms with Crippen LogP contribution < -0.4 is 5.32 Å². The van der Waals surface area contributed by atoms with Crippen molar-refractivity contribution in [2.75, 3.05) is 13.6 Å². The molecule has 0 atom stereocenters. The van der Waals surface area contributed by atoms with Gasteiger partial charge in [0.2, 0.25) is 5.89 Å². The Hall–Kier alpha value is -1.71. The zero-order chi connectivity index (χ0) is 15.9. The van der Waals surface area contributed by atoms with Gasteiger partial charge in [0, 0.05) is 20.1 Å². The number of nitrogens with one attached hydrogen (secondary N) is 1. The van der Waals surface area contributed by atoms with Crippen molar-refractivity contribution in [3.8, 4) is 0 Å². The number of rotatable bonds is 5. The molecule has 1 heterocycles. The van der Waals surface area contributed by atoms with Gasteiger partial charge in [0.05, 0.1) is 0 Å². The lowest BCUT2D eigenvalue weighted by Gasteiger charge is -2.22. The van der Waals surface area contributed by atoms with Crippen molar-refractivity contribution < 1.29 is 8.91 Å². The summed E-state index contributed by atoms with van der Waals surface area (Å²) in [7, 11) is 1.92. The van der Waals surface area contributed by atoms with Gasteiger partial charge in [-0.3, -0.25) is 0 Å². The molecule has 1 N–H and O–H groups in total. The molecule has 2 rings (SSSR count). The summed E-state index contributed by atoms with van der Waals surface area (Å²) in [5.74, 6) is 1.55. The van der Waals surface area contributed by atoms with Crippen molar-refractivity contribution in [2.24, 2.45) is 4.99 Å². The first kappa shape index (κ1) is 19.3. The molecule has 1 aromatic carbocycles. The molecule has 1 aromatic heterocycles. The number of guanidine groups is 1. The molecular formula is C15H21FIN5O. The average Bonchev–Trinajstić information content (AvgIpc) is 2.91. The van der Waals surface area contributed by atoms with E-state index >= 15 is 0 Å². The molecule has 126 valence electrons. The highest BCUT2D eigenvalue weighted by Crippen LogP contribution is 2.06. The van der Waals surface area contributed by atoms with E-state index in [4.69, 9.17) is 4.52 Å². The van der Waals surface area contributed by atoms with Gasteiger partial charge >= 0.3 is 0 Å². The Morgan fingerprint density at radius 1 is 1.35 bits per heavy atom. The first-order valence-corrected chi connectivity index (χ1v) is 7.11. The highest BCUT2D eigenvalue weighted by Gasteiger charge is 2.08. The van der Waals surface area contributed by atoms with Crippen LogP contribution in [0, 0.1) is 12.7 Å². The molecule has 0 aliphatic heterocycles. The number of nitrogens with zero attached hydrogens (tertiary/aromatic N) is 4. The lowest BCUT2D eigenvalue weighted by atomic mass is 10.2. The summed E-state index contributed by atoms with van der Waals surface area (Å²) >= 11 is 0. The van der Waals surface area contributed by atoms with E-state index in [2.05, 4.69) is 20.4 Å². The van der Waals surface area contributed by atoms with Crippen molar-refractivity contribution in [1.82, 2.24) is 20.4 Å². The van der Waals surface area contributed by atoms with Crippen molar-refractivity contribution >= 4 is 29.9 Å². The van der Waals surface area contributed by atoms with E-state index in [0.29, 0.717) is 24.8 Å². The largest absolute Gasteiger partial charge is 0.357 e. The number of benzene rings is 1. The van der Waals surface area contributed by atoms with Crippen LogP contribution in [0.4, 0.5) is 4.39 Å². The Morgan fingerprint density at radius 3 is 2.61 bits per heavy atom. The van der Waals surface area contributed by atoms with Crippen molar-refractivity contribution in [3.63, 3.8) is 0 Å². The van der Waals surface area contributed by atoms with E-state index < -0.39 is 0 Å². The lowest BCUT2D eigenvalue weighted by Crippen LogP contribution is -2.38. The summed E-state index contributed by atoms with van der Waals surface area (Å²) in [6, 6.07) is 6.43. The van der Waals surface area contributed by atoms with Crippen LogP contribution >= 0.6 is 24.0 Å².